The average Bonchev–Trinajstić information content (AvgIpc) is 2.38. The van der Waals surface area contributed by atoms with E-state index in [-0.39, 0.29) is 13.0 Å². The van der Waals surface area contributed by atoms with Crippen LogP contribution in [0.15, 0.2) is 15.8 Å². The first-order valence-corrected chi connectivity index (χ1v) is 6.65. The van der Waals surface area contributed by atoms with Gasteiger partial charge in [-0.25, -0.2) is 4.79 Å². The Morgan fingerprint density at radius 3 is 2.84 bits per heavy atom. The minimum Gasteiger partial charge on any atom is -0.469 e. The molecule has 0 saturated carbocycles. The average molecular weight is 288 g/mol. The third-order valence-electron chi connectivity index (χ3n) is 2.43. The molecule has 0 unspecified atom stereocenters. The standard InChI is InChI=1S/C11H16N2O5S/c1-7-6-13(11(17)12-10(7)16)8(19-4-3-14)5-9(15)18-2/h6,8,14H,3-5H2,1-2H3,(H,12,16,17)/t8-/m1/s1. The lowest BCUT2D eigenvalue weighted by molar-refractivity contribution is -0.140. The predicted octanol–water partition coefficient (Wildman–Crippen LogP) is -0.368. The van der Waals surface area contributed by atoms with E-state index < -0.39 is 22.6 Å². The largest absolute Gasteiger partial charge is 0.469 e. The number of H-pyrrole nitrogens is 1. The third-order valence-corrected chi connectivity index (χ3v) is 3.62. The quantitative estimate of drug-likeness (QED) is 0.693. The van der Waals surface area contributed by atoms with Crippen molar-refractivity contribution in [2.24, 2.45) is 0 Å². The summed E-state index contributed by atoms with van der Waals surface area (Å²) >= 11 is 1.24. The first-order valence-electron chi connectivity index (χ1n) is 5.61. The number of esters is 1. The lowest BCUT2D eigenvalue weighted by Gasteiger charge is -2.17. The van der Waals surface area contributed by atoms with Crippen LogP contribution in [0.5, 0.6) is 0 Å². The molecule has 19 heavy (non-hydrogen) atoms. The maximum Gasteiger partial charge on any atom is 0.329 e. The zero-order valence-corrected chi connectivity index (χ0v) is 11.5. The number of aromatic nitrogens is 2. The van der Waals surface area contributed by atoms with Crippen molar-refractivity contribution in [3.8, 4) is 0 Å². The number of methoxy groups -OCH3 is 1. The SMILES string of the molecule is COC(=O)C[C@@H](SCCO)n1cc(C)c(=O)[nH]c1=O. The number of aryl methyl sites for hydroxylation is 1. The number of nitrogens with one attached hydrogen (secondary N) is 1. The van der Waals surface area contributed by atoms with Crippen LogP contribution >= 0.6 is 11.8 Å². The third kappa shape index (κ3) is 4.25. The Labute approximate surface area is 113 Å². The molecule has 0 bridgehead atoms. The minimum absolute atomic E-state index is 0.0213. The van der Waals surface area contributed by atoms with Crippen LogP contribution in [0.4, 0.5) is 0 Å². The van der Waals surface area contributed by atoms with Crippen molar-refractivity contribution < 1.29 is 14.6 Å². The Morgan fingerprint density at radius 2 is 2.26 bits per heavy atom. The van der Waals surface area contributed by atoms with Gasteiger partial charge in [0.15, 0.2) is 0 Å². The number of hydrogen-bond acceptors (Lipinski definition) is 6. The molecular formula is C11H16N2O5S. The fourth-order valence-electron chi connectivity index (χ4n) is 1.45. The van der Waals surface area contributed by atoms with E-state index in [1.54, 1.807) is 6.92 Å². The molecule has 1 aromatic heterocycles. The van der Waals surface area contributed by atoms with Gasteiger partial charge in [0.05, 0.1) is 25.5 Å². The molecule has 1 rings (SSSR count). The van der Waals surface area contributed by atoms with Crippen molar-refractivity contribution in [3.05, 3.63) is 32.6 Å². The van der Waals surface area contributed by atoms with E-state index in [4.69, 9.17) is 5.11 Å². The minimum atomic E-state index is -0.588. The van der Waals surface area contributed by atoms with E-state index >= 15 is 0 Å². The van der Waals surface area contributed by atoms with Crippen LogP contribution in [-0.2, 0) is 9.53 Å². The van der Waals surface area contributed by atoms with Gasteiger partial charge in [-0.1, -0.05) is 0 Å². The maximum absolute atomic E-state index is 11.7. The van der Waals surface area contributed by atoms with Gasteiger partial charge in [-0.3, -0.25) is 19.1 Å². The summed E-state index contributed by atoms with van der Waals surface area (Å²) in [6.07, 6.45) is 1.38. The molecule has 0 saturated heterocycles. The van der Waals surface area contributed by atoms with Crippen molar-refractivity contribution in [3.63, 3.8) is 0 Å². The fourth-order valence-corrected chi connectivity index (χ4v) is 2.40. The number of aliphatic hydroxyl groups is 1. The van der Waals surface area contributed by atoms with Gasteiger partial charge in [0.1, 0.15) is 0 Å². The Hall–Kier alpha value is -1.54. The van der Waals surface area contributed by atoms with Gasteiger partial charge in [0.2, 0.25) is 0 Å². The molecule has 0 fully saturated rings. The van der Waals surface area contributed by atoms with Gasteiger partial charge in [0, 0.05) is 17.5 Å². The van der Waals surface area contributed by atoms with Crippen molar-refractivity contribution in [1.82, 2.24) is 9.55 Å². The molecule has 8 heteroatoms. The van der Waals surface area contributed by atoms with Gasteiger partial charge in [0.25, 0.3) is 5.56 Å². The van der Waals surface area contributed by atoms with E-state index in [1.165, 1.54) is 29.6 Å². The van der Waals surface area contributed by atoms with Crippen molar-refractivity contribution >= 4 is 17.7 Å². The van der Waals surface area contributed by atoms with Crippen LogP contribution in [0.1, 0.15) is 17.4 Å². The van der Waals surface area contributed by atoms with Crippen molar-refractivity contribution in [2.75, 3.05) is 19.5 Å². The Bertz CT molecular complexity index is 551. The highest BCUT2D eigenvalue weighted by molar-refractivity contribution is 7.99. The summed E-state index contributed by atoms with van der Waals surface area (Å²) in [5.41, 5.74) is -0.667. The first-order chi connectivity index (χ1) is 8.99. The number of aliphatic hydroxyl groups excluding tert-OH is 1. The van der Waals surface area contributed by atoms with E-state index in [0.717, 1.165) is 0 Å². The number of thioether (sulfide) groups is 1. The van der Waals surface area contributed by atoms with Gasteiger partial charge in [-0.15, -0.1) is 11.8 Å². The number of ether oxygens (including phenoxy) is 1. The highest BCUT2D eigenvalue weighted by Crippen LogP contribution is 2.24. The zero-order chi connectivity index (χ0) is 14.4. The predicted molar refractivity (Wildman–Crippen MR) is 71.3 cm³/mol. The molecule has 0 aliphatic carbocycles. The van der Waals surface area contributed by atoms with Crippen LogP contribution in [0.3, 0.4) is 0 Å². The highest BCUT2D eigenvalue weighted by Gasteiger charge is 2.18. The van der Waals surface area contributed by atoms with Crippen molar-refractivity contribution in [1.29, 1.82) is 0 Å². The lowest BCUT2D eigenvalue weighted by atomic mass is 10.3. The smallest absolute Gasteiger partial charge is 0.329 e. The van der Waals surface area contributed by atoms with Gasteiger partial charge < -0.3 is 9.84 Å². The molecular weight excluding hydrogens is 272 g/mol. The van der Waals surface area contributed by atoms with Gasteiger partial charge >= 0.3 is 11.7 Å². The topological polar surface area (TPSA) is 101 Å². The van der Waals surface area contributed by atoms with Crippen LogP contribution in [-0.4, -0.2) is 40.1 Å². The Kier molecular flexibility index (Phi) is 5.84. The van der Waals surface area contributed by atoms with Crippen LogP contribution in [0, 0.1) is 6.92 Å². The van der Waals surface area contributed by atoms with Crippen molar-refractivity contribution in [2.45, 2.75) is 18.7 Å². The van der Waals surface area contributed by atoms with E-state index in [0.29, 0.717) is 11.3 Å². The molecule has 1 atom stereocenters. The maximum atomic E-state index is 11.7. The monoisotopic (exact) mass is 288 g/mol. The summed E-state index contributed by atoms with van der Waals surface area (Å²) in [5.74, 6) is -0.0992. The highest BCUT2D eigenvalue weighted by atomic mass is 32.2. The molecule has 0 aromatic carbocycles. The summed E-state index contributed by atoms with van der Waals surface area (Å²) in [4.78, 5) is 36.6. The molecule has 0 amide bonds. The summed E-state index contributed by atoms with van der Waals surface area (Å²) in [7, 11) is 1.26. The summed E-state index contributed by atoms with van der Waals surface area (Å²) in [6.45, 7) is 1.50. The second-order valence-electron chi connectivity index (χ2n) is 3.81. The normalized spacial score (nSPS) is 12.2. The molecule has 1 aromatic rings. The summed E-state index contributed by atoms with van der Waals surface area (Å²) < 4.78 is 5.85. The second kappa shape index (κ2) is 7.15. The first kappa shape index (κ1) is 15.5. The number of carbonyl (C=O) groups excluding carboxylic acids is 1. The summed E-state index contributed by atoms with van der Waals surface area (Å²) in [5, 5.41) is 8.31. The number of rotatable bonds is 6. The van der Waals surface area contributed by atoms with Crippen LogP contribution in [0.2, 0.25) is 0 Å². The van der Waals surface area contributed by atoms with E-state index in [1.807, 2.05) is 0 Å². The van der Waals surface area contributed by atoms with Gasteiger partial charge in [-0.05, 0) is 6.92 Å². The Morgan fingerprint density at radius 1 is 1.58 bits per heavy atom. The number of nitrogens with zero attached hydrogens (tertiary/aromatic N) is 1. The molecule has 1 heterocycles. The zero-order valence-electron chi connectivity index (χ0n) is 10.7. The fraction of sp³-hybridized carbons (Fsp3) is 0.545. The number of carbonyl (C=O) groups is 1. The van der Waals surface area contributed by atoms with E-state index in [9.17, 15) is 14.4 Å². The molecule has 2 N–H and O–H groups in total. The van der Waals surface area contributed by atoms with Crippen LogP contribution < -0.4 is 11.2 Å². The second-order valence-corrected chi connectivity index (χ2v) is 5.09. The Balaban J connectivity index is 3.09. The number of aromatic amines is 1. The lowest BCUT2D eigenvalue weighted by Crippen LogP contribution is -2.33. The molecule has 0 aliphatic rings. The summed E-state index contributed by atoms with van der Waals surface area (Å²) in [6, 6.07) is 0. The molecule has 106 valence electrons. The van der Waals surface area contributed by atoms with Crippen LogP contribution in [0.25, 0.3) is 0 Å². The van der Waals surface area contributed by atoms with E-state index in [2.05, 4.69) is 9.72 Å². The molecule has 0 aliphatic heterocycles. The molecule has 0 radical (unpaired) electrons. The molecule has 0 spiro atoms. The molecule has 7 nitrogen and oxygen atoms in total. The van der Waals surface area contributed by atoms with Gasteiger partial charge in [-0.2, -0.15) is 0 Å². The number of hydrogen-bond donors (Lipinski definition) is 2.